The van der Waals surface area contributed by atoms with Crippen LogP contribution in [0.1, 0.15) is 54.2 Å². The molecule has 7 nitrogen and oxygen atoms in total. The minimum atomic E-state index is -0.206. The summed E-state index contributed by atoms with van der Waals surface area (Å²) in [4.78, 5) is 22.2. The van der Waals surface area contributed by atoms with E-state index in [1.807, 2.05) is 43.3 Å². The molecular weight excluding hydrogens is 376 g/mol. The van der Waals surface area contributed by atoms with E-state index < -0.39 is 0 Å². The first kappa shape index (κ1) is 18.5. The van der Waals surface area contributed by atoms with E-state index in [9.17, 15) is 4.79 Å². The number of aromatic nitrogens is 5. The van der Waals surface area contributed by atoms with Crippen LogP contribution in [0.3, 0.4) is 0 Å². The zero-order chi connectivity index (χ0) is 20.5. The maximum Gasteiger partial charge on any atom is 0.261 e. The number of carbonyl (C=O) groups is 1. The average molecular weight is 400 g/mol. The largest absolute Gasteiger partial charge is 0.307 e. The number of rotatable bonds is 4. The summed E-state index contributed by atoms with van der Waals surface area (Å²) >= 11 is 0. The molecule has 3 heterocycles. The number of fused-ring (bicyclic) bond motifs is 1. The van der Waals surface area contributed by atoms with Crippen molar-refractivity contribution in [1.82, 2.24) is 24.3 Å². The van der Waals surface area contributed by atoms with Crippen molar-refractivity contribution >= 4 is 22.9 Å². The lowest BCUT2D eigenvalue weighted by Crippen LogP contribution is -2.20. The van der Waals surface area contributed by atoms with Gasteiger partial charge in [-0.05, 0) is 44.0 Å². The number of nitrogens with one attached hydrogen (secondary N) is 1. The topological polar surface area (TPSA) is 77.6 Å². The Morgan fingerprint density at radius 2 is 1.87 bits per heavy atom. The zero-order valence-electron chi connectivity index (χ0n) is 17.0. The lowest BCUT2D eigenvalue weighted by Gasteiger charge is -2.25. The van der Waals surface area contributed by atoms with Crippen LogP contribution in [0.2, 0.25) is 0 Å². The van der Waals surface area contributed by atoms with Gasteiger partial charge < -0.3 is 4.57 Å². The molecule has 30 heavy (non-hydrogen) atoms. The van der Waals surface area contributed by atoms with Gasteiger partial charge in [0.15, 0.2) is 5.82 Å². The molecule has 1 saturated carbocycles. The highest BCUT2D eigenvalue weighted by Crippen LogP contribution is 2.34. The maximum atomic E-state index is 13.2. The Morgan fingerprint density at radius 3 is 2.67 bits per heavy atom. The first-order valence-electron chi connectivity index (χ1n) is 10.5. The Balaban J connectivity index is 1.49. The molecule has 7 heteroatoms. The fraction of sp³-hybridized carbons (Fsp3) is 0.304. The van der Waals surface area contributed by atoms with Gasteiger partial charge in [-0.1, -0.05) is 37.5 Å². The van der Waals surface area contributed by atoms with Crippen LogP contribution in [0.25, 0.3) is 16.9 Å². The predicted molar refractivity (Wildman–Crippen MR) is 116 cm³/mol. The van der Waals surface area contributed by atoms with E-state index in [0.717, 1.165) is 29.6 Å². The highest BCUT2D eigenvalue weighted by Gasteiger charge is 2.24. The number of pyridine rings is 1. The standard InChI is InChI=1S/C23H24N6O/c1-16-18(15-25-29(16)21-13-7-8-14-24-21)22(30)27-23-26-19-11-5-6-12-20(19)28(23)17-9-3-2-4-10-17/h5-8,11-15,17H,2-4,9-10H2,1H3,(H,26,27,30). The molecule has 0 atom stereocenters. The number of para-hydroxylation sites is 2. The summed E-state index contributed by atoms with van der Waals surface area (Å²) in [6.07, 6.45) is 9.22. The van der Waals surface area contributed by atoms with E-state index in [1.54, 1.807) is 17.1 Å². The molecule has 0 bridgehead atoms. The van der Waals surface area contributed by atoms with Crippen LogP contribution in [0.5, 0.6) is 0 Å². The summed E-state index contributed by atoms with van der Waals surface area (Å²) in [5.74, 6) is 1.09. The lowest BCUT2D eigenvalue weighted by molar-refractivity contribution is 0.102. The molecule has 3 aromatic heterocycles. The molecule has 4 aromatic rings. The molecule has 0 unspecified atom stereocenters. The Labute approximate surface area is 174 Å². The summed E-state index contributed by atoms with van der Waals surface area (Å²) in [6.45, 7) is 1.88. The monoisotopic (exact) mass is 400 g/mol. The molecule has 1 amide bonds. The maximum absolute atomic E-state index is 13.2. The normalized spacial score (nSPS) is 14.8. The summed E-state index contributed by atoms with van der Waals surface area (Å²) < 4.78 is 3.89. The second-order valence-corrected chi connectivity index (χ2v) is 7.78. The van der Waals surface area contributed by atoms with Gasteiger partial charge in [0.05, 0.1) is 28.5 Å². The predicted octanol–water partition coefficient (Wildman–Crippen LogP) is 4.68. The number of carbonyl (C=O) groups excluding carboxylic acids is 1. The van der Waals surface area contributed by atoms with Crippen molar-refractivity contribution in [3.63, 3.8) is 0 Å². The van der Waals surface area contributed by atoms with Gasteiger partial charge in [-0.3, -0.25) is 10.1 Å². The van der Waals surface area contributed by atoms with Crippen LogP contribution < -0.4 is 5.32 Å². The molecular formula is C23H24N6O. The molecule has 1 N–H and O–H groups in total. The highest BCUT2D eigenvalue weighted by molar-refractivity contribution is 6.04. The third-order valence-electron chi connectivity index (χ3n) is 5.88. The lowest BCUT2D eigenvalue weighted by atomic mass is 9.95. The highest BCUT2D eigenvalue weighted by atomic mass is 16.1. The average Bonchev–Trinajstić information content (AvgIpc) is 3.35. The van der Waals surface area contributed by atoms with Crippen molar-refractivity contribution in [3.8, 4) is 5.82 Å². The van der Waals surface area contributed by atoms with Gasteiger partial charge in [0.1, 0.15) is 0 Å². The van der Waals surface area contributed by atoms with Gasteiger partial charge in [-0.25, -0.2) is 14.6 Å². The van der Waals surface area contributed by atoms with Gasteiger partial charge in [-0.2, -0.15) is 5.10 Å². The smallest absolute Gasteiger partial charge is 0.261 e. The van der Waals surface area contributed by atoms with Crippen LogP contribution in [0, 0.1) is 6.92 Å². The van der Waals surface area contributed by atoms with Crippen LogP contribution in [-0.4, -0.2) is 30.2 Å². The summed E-state index contributed by atoms with van der Waals surface area (Å²) in [6, 6.07) is 14.1. The van der Waals surface area contributed by atoms with E-state index in [0.29, 0.717) is 23.4 Å². The van der Waals surface area contributed by atoms with E-state index in [2.05, 4.69) is 26.0 Å². The Morgan fingerprint density at radius 1 is 1.07 bits per heavy atom. The van der Waals surface area contributed by atoms with Crippen LogP contribution in [-0.2, 0) is 0 Å². The van der Waals surface area contributed by atoms with Gasteiger partial charge >= 0.3 is 0 Å². The van der Waals surface area contributed by atoms with Crippen molar-refractivity contribution < 1.29 is 4.79 Å². The number of hydrogen-bond acceptors (Lipinski definition) is 4. The minimum Gasteiger partial charge on any atom is -0.307 e. The third-order valence-corrected chi connectivity index (χ3v) is 5.88. The molecule has 1 aliphatic rings. The van der Waals surface area contributed by atoms with Crippen molar-refractivity contribution in [2.24, 2.45) is 0 Å². The van der Waals surface area contributed by atoms with E-state index >= 15 is 0 Å². The number of amides is 1. The van der Waals surface area contributed by atoms with Crippen molar-refractivity contribution in [1.29, 1.82) is 0 Å². The number of anilines is 1. The molecule has 0 aliphatic heterocycles. The third kappa shape index (κ3) is 3.26. The van der Waals surface area contributed by atoms with E-state index in [4.69, 9.17) is 4.98 Å². The van der Waals surface area contributed by atoms with Crippen LogP contribution in [0.4, 0.5) is 5.95 Å². The quantitative estimate of drug-likeness (QED) is 0.539. The van der Waals surface area contributed by atoms with Crippen LogP contribution >= 0.6 is 0 Å². The van der Waals surface area contributed by atoms with Gasteiger partial charge in [0, 0.05) is 12.2 Å². The zero-order valence-corrected chi connectivity index (χ0v) is 17.0. The van der Waals surface area contributed by atoms with Gasteiger partial charge in [0.2, 0.25) is 5.95 Å². The van der Waals surface area contributed by atoms with E-state index in [-0.39, 0.29) is 5.91 Å². The molecule has 1 fully saturated rings. The van der Waals surface area contributed by atoms with E-state index in [1.165, 1.54) is 19.3 Å². The summed E-state index contributed by atoms with van der Waals surface area (Å²) in [7, 11) is 0. The molecule has 1 aromatic carbocycles. The van der Waals surface area contributed by atoms with Gasteiger partial charge in [0.25, 0.3) is 5.91 Å². The number of nitrogens with zero attached hydrogens (tertiary/aromatic N) is 5. The molecule has 0 radical (unpaired) electrons. The molecule has 0 saturated heterocycles. The van der Waals surface area contributed by atoms with Gasteiger partial charge in [-0.15, -0.1) is 0 Å². The minimum absolute atomic E-state index is 0.206. The van der Waals surface area contributed by atoms with Crippen molar-refractivity contribution in [3.05, 3.63) is 66.1 Å². The van der Waals surface area contributed by atoms with Crippen molar-refractivity contribution in [2.45, 2.75) is 45.1 Å². The fourth-order valence-electron chi connectivity index (χ4n) is 4.35. The molecule has 5 rings (SSSR count). The van der Waals surface area contributed by atoms with Crippen molar-refractivity contribution in [2.75, 3.05) is 5.32 Å². The molecule has 152 valence electrons. The number of hydrogen-bond donors (Lipinski definition) is 1. The second-order valence-electron chi connectivity index (χ2n) is 7.78. The first-order valence-corrected chi connectivity index (χ1v) is 10.5. The Hall–Kier alpha value is -3.48. The Bertz CT molecular complexity index is 1190. The Kier molecular flexibility index (Phi) is 4.78. The van der Waals surface area contributed by atoms with Crippen LogP contribution in [0.15, 0.2) is 54.9 Å². The molecule has 0 spiro atoms. The fourth-order valence-corrected chi connectivity index (χ4v) is 4.35. The summed E-state index contributed by atoms with van der Waals surface area (Å²) in [5.41, 5.74) is 3.23. The number of imidazole rings is 1. The summed E-state index contributed by atoms with van der Waals surface area (Å²) in [5, 5.41) is 7.43. The number of benzene rings is 1. The second kappa shape index (κ2) is 7.74. The first-order chi connectivity index (χ1) is 14.7. The SMILES string of the molecule is Cc1c(C(=O)Nc2nc3ccccc3n2C2CCCCC2)cnn1-c1ccccn1. The molecule has 1 aliphatic carbocycles.